The van der Waals surface area contributed by atoms with Crippen molar-refractivity contribution in [3.8, 4) is 0 Å². The minimum absolute atomic E-state index is 0.392. The maximum Gasteiger partial charge on any atom is 0.129 e. The van der Waals surface area contributed by atoms with Crippen LogP contribution >= 0.6 is 12.2 Å². The standard InChI is InChI=1S/C16H21N3S/c1-10(2)11(3)19(4)15-9-13(16(17)20)12-7-5-6-8-14(12)18-15/h5-11H,1-4H3,(H2,17,20). The third-order valence-electron chi connectivity index (χ3n) is 3.91. The zero-order valence-electron chi connectivity index (χ0n) is 12.4. The molecule has 0 saturated heterocycles. The zero-order chi connectivity index (χ0) is 14.9. The first-order chi connectivity index (χ1) is 9.41. The fourth-order valence-electron chi connectivity index (χ4n) is 2.20. The van der Waals surface area contributed by atoms with Gasteiger partial charge >= 0.3 is 0 Å². The molecule has 1 unspecified atom stereocenters. The van der Waals surface area contributed by atoms with E-state index in [1.54, 1.807) is 0 Å². The third-order valence-corrected chi connectivity index (χ3v) is 4.13. The second-order valence-corrected chi connectivity index (χ2v) is 5.94. The molecule has 1 aromatic carbocycles. The molecular formula is C16H21N3S. The van der Waals surface area contributed by atoms with Crippen molar-refractivity contribution in [3.63, 3.8) is 0 Å². The normalized spacial score (nSPS) is 12.7. The van der Waals surface area contributed by atoms with Gasteiger partial charge in [0.15, 0.2) is 0 Å². The van der Waals surface area contributed by atoms with Crippen LogP contribution in [0.4, 0.5) is 5.82 Å². The van der Waals surface area contributed by atoms with Crippen molar-refractivity contribution in [3.05, 3.63) is 35.9 Å². The molecule has 106 valence electrons. The summed E-state index contributed by atoms with van der Waals surface area (Å²) in [6, 6.07) is 10.3. The molecule has 4 heteroatoms. The van der Waals surface area contributed by atoms with E-state index in [-0.39, 0.29) is 0 Å². The van der Waals surface area contributed by atoms with E-state index in [0.29, 0.717) is 16.9 Å². The van der Waals surface area contributed by atoms with Crippen LogP contribution in [-0.2, 0) is 0 Å². The summed E-state index contributed by atoms with van der Waals surface area (Å²) in [5.74, 6) is 1.45. The van der Waals surface area contributed by atoms with E-state index < -0.39 is 0 Å². The van der Waals surface area contributed by atoms with Gasteiger partial charge in [-0.3, -0.25) is 0 Å². The summed E-state index contributed by atoms with van der Waals surface area (Å²) in [5.41, 5.74) is 7.69. The van der Waals surface area contributed by atoms with Gasteiger partial charge in [-0.15, -0.1) is 0 Å². The van der Waals surface area contributed by atoms with E-state index in [0.717, 1.165) is 22.3 Å². The van der Waals surface area contributed by atoms with E-state index >= 15 is 0 Å². The molecule has 2 N–H and O–H groups in total. The van der Waals surface area contributed by atoms with Gasteiger partial charge in [0.2, 0.25) is 0 Å². The molecule has 1 aromatic heterocycles. The fraction of sp³-hybridized carbons (Fsp3) is 0.375. The van der Waals surface area contributed by atoms with E-state index in [4.69, 9.17) is 22.9 Å². The molecule has 2 aromatic rings. The van der Waals surface area contributed by atoms with Crippen molar-refractivity contribution >= 4 is 33.9 Å². The highest BCUT2D eigenvalue weighted by atomic mass is 32.1. The largest absolute Gasteiger partial charge is 0.389 e. The fourth-order valence-corrected chi connectivity index (χ4v) is 2.37. The van der Waals surface area contributed by atoms with Crippen molar-refractivity contribution in [1.29, 1.82) is 0 Å². The van der Waals surface area contributed by atoms with E-state index in [9.17, 15) is 0 Å². The monoisotopic (exact) mass is 287 g/mol. The number of rotatable bonds is 4. The van der Waals surface area contributed by atoms with Crippen LogP contribution in [-0.4, -0.2) is 23.1 Å². The molecule has 0 saturated carbocycles. The molecule has 0 aliphatic heterocycles. The summed E-state index contributed by atoms with van der Waals surface area (Å²) in [7, 11) is 2.06. The van der Waals surface area contributed by atoms with Crippen molar-refractivity contribution in [2.45, 2.75) is 26.8 Å². The Labute approximate surface area is 125 Å². The first-order valence-corrected chi connectivity index (χ1v) is 7.25. The molecule has 0 bridgehead atoms. The summed E-state index contributed by atoms with van der Waals surface area (Å²) in [5, 5.41) is 1.01. The van der Waals surface area contributed by atoms with Gasteiger partial charge in [0.1, 0.15) is 10.8 Å². The Morgan fingerprint density at radius 3 is 2.50 bits per heavy atom. The molecular weight excluding hydrogens is 266 g/mol. The molecule has 0 aliphatic carbocycles. The number of pyridine rings is 1. The van der Waals surface area contributed by atoms with Gasteiger partial charge in [0, 0.05) is 24.0 Å². The lowest BCUT2D eigenvalue weighted by atomic mass is 10.0. The lowest BCUT2D eigenvalue weighted by Gasteiger charge is -2.29. The lowest BCUT2D eigenvalue weighted by molar-refractivity contribution is 0.503. The highest BCUT2D eigenvalue weighted by Crippen LogP contribution is 2.24. The smallest absolute Gasteiger partial charge is 0.129 e. The Bertz CT molecular complexity index is 637. The summed E-state index contributed by atoms with van der Waals surface area (Å²) in [6.45, 7) is 6.61. The van der Waals surface area contributed by atoms with Crippen molar-refractivity contribution in [2.75, 3.05) is 11.9 Å². The molecule has 0 fully saturated rings. The Hall–Kier alpha value is -1.68. The summed E-state index contributed by atoms with van der Waals surface area (Å²) < 4.78 is 0. The first-order valence-electron chi connectivity index (χ1n) is 6.84. The van der Waals surface area contributed by atoms with E-state index in [1.165, 1.54) is 0 Å². The Kier molecular flexibility index (Phi) is 4.23. The van der Waals surface area contributed by atoms with Crippen molar-refractivity contribution in [1.82, 2.24) is 4.98 Å². The number of nitrogens with two attached hydrogens (primary N) is 1. The molecule has 1 atom stereocenters. The number of hydrogen-bond acceptors (Lipinski definition) is 3. The third kappa shape index (κ3) is 2.75. The average molecular weight is 287 g/mol. The average Bonchev–Trinajstić information content (AvgIpc) is 2.44. The SMILES string of the molecule is CC(C)C(C)N(C)c1cc(C(N)=S)c2ccccc2n1. The number of benzene rings is 1. The molecule has 20 heavy (non-hydrogen) atoms. The quantitative estimate of drug-likeness (QED) is 0.876. The van der Waals surface area contributed by atoms with Crippen LogP contribution in [0.3, 0.4) is 0 Å². The van der Waals surface area contributed by atoms with Crippen LogP contribution in [0.25, 0.3) is 10.9 Å². The summed E-state index contributed by atoms with van der Waals surface area (Å²) >= 11 is 5.18. The van der Waals surface area contributed by atoms with Gasteiger partial charge < -0.3 is 10.6 Å². The van der Waals surface area contributed by atoms with E-state index in [1.807, 2.05) is 30.3 Å². The van der Waals surface area contributed by atoms with Crippen LogP contribution in [0.1, 0.15) is 26.3 Å². The van der Waals surface area contributed by atoms with Gasteiger partial charge in [-0.1, -0.05) is 44.3 Å². The molecule has 0 aliphatic rings. The van der Waals surface area contributed by atoms with Gasteiger partial charge in [-0.05, 0) is 25.0 Å². The van der Waals surface area contributed by atoms with Gasteiger partial charge in [0.25, 0.3) is 0 Å². The Morgan fingerprint density at radius 2 is 1.90 bits per heavy atom. The molecule has 2 rings (SSSR count). The maximum atomic E-state index is 5.87. The lowest BCUT2D eigenvalue weighted by Crippen LogP contribution is -2.34. The minimum Gasteiger partial charge on any atom is -0.389 e. The topological polar surface area (TPSA) is 42.1 Å². The van der Waals surface area contributed by atoms with Crippen LogP contribution in [0.15, 0.2) is 30.3 Å². The number of thiocarbonyl (C=S) groups is 1. The van der Waals surface area contributed by atoms with Crippen LogP contribution in [0.5, 0.6) is 0 Å². The molecule has 3 nitrogen and oxygen atoms in total. The molecule has 0 spiro atoms. The zero-order valence-corrected chi connectivity index (χ0v) is 13.2. The van der Waals surface area contributed by atoms with Crippen molar-refractivity contribution < 1.29 is 0 Å². The molecule has 0 amide bonds. The molecule has 0 radical (unpaired) electrons. The number of fused-ring (bicyclic) bond motifs is 1. The van der Waals surface area contributed by atoms with E-state index in [2.05, 4.69) is 32.7 Å². The van der Waals surface area contributed by atoms with Gasteiger partial charge in [-0.25, -0.2) is 4.98 Å². The number of anilines is 1. The molecule has 1 heterocycles. The highest BCUT2D eigenvalue weighted by Gasteiger charge is 2.17. The minimum atomic E-state index is 0.392. The van der Waals surface area contributed by atoms with Crippen LogP contribution < -0.4 is 10.6 Å². The number of nitrogens with zero attached hydrogens (tertiary/aromatic N) is 2. The van der Waals surface area contributed by atoms with Crippen LogP contribution in [0, 0.1) is 5.92 Å². The summed E-state index contributed by atoms with van der Waals surface area (Å²) in [6.07, 6.45) is 0. The Morgan fingerprint density at radius 1 is 1.25 bits per heavy atom. The Balaban J connectivity index is 2.58. The van der Waals surface area contributed by atoms with Gasteiger partial charge in [0.05, 0.1) is 5.52 Å². The second-order valence-electron chi connectivity index (χ2n) is 5.50. The highest BCUT2D eigenvalue weighted by molar-refractivity contribution is 7.80. The first kappa shape index (κ1) is 14.7. The number of hydrogen-bond donors (Lipinski definition) is 1. The summed E-state index contributed by atoms with van der Waals surface area (Å²) in [4.78, 5) is 7.32. The predicted octanol–water partition coefficient (Wildman–Crippen LogP) is 3.35. The number of aromatic nitrogens is 1. The van der Waals surface area contributed by atoms with Gasteiger partial charge in [-0.2, -0.15) is 0 Å². The maximum absolute atomic E-state index is 5.87. The predicted molar refractivity (Wildman–Crippen MR) is 90.3 cm³/mol. The number of para-hydroxylation sites is 1. The second kappa shape index (κ2) is 5.75. The van der Waals surface area contributed by atoms with Crippen LogP contribution in [0.2, 0.25) is 0 Å². The van der Waals surface area contributed by atoms with Crippen molar-refractivity contribution in [2.24, 2.45) is 11.7 Å².